The fourth-order valence-corrected chi connectivity index (χ4v) is 3.00. The van der Waals surface area contributed by atoms with E-state index < -0.39 is 40.2 Å². The van der Waals surface area contributed by atoms with E-state index >= 15 is 0 Å². The number of halogens is 4. The van der Waals surface area contributed by atoms with Crippen LogP contribution in [0.2, 0.25) is 0 Å². The first kappa shape index (κ1) is 14.4. The van der Waals surface area contributed by atoms with Crippen molar-refractivity contribution in [3.05, 3.63) is 25.4 Å². The number of rotatable bonds is 3. The summed E-state index contributed by atoms with van der Waals surface area (Å²) in [4.78, 5) is 12.7. The first-order valence-corrected chi connectivity index (χ1v) is 7.10. The highest BCUT2D eigenvalue weighted by molar-refractivity contribution is 14.1. The maximum Gasteiger partial charge on any atom is 0.301 e. The van der Waals surface area contributed by atoms with Crippen LogP contribution in [0.1, 0.15) is 12.0 Å². The number of hydrogen-bond acceptors (Lipinski definition) is 5. The van der Waals surface area contributed by atoms with E-state index in [9.17, 15) is 27.3 Å². The third-order valence-electron chi connectivity index (χ3n) is 1.64. The monoisotopic (exact) mass is 398 g/mol. The van der Waals surface area contributed by atoms with Crippen molar-refractivity contribution in [1.29, 1.82) is 0 Å². The van der Waals surface area contributed by atoms with Gasteiger partial charge in [0.25, 0.3) is 15.5 Å². The lowest BCUT2D eigenvalue weighted by Crippen LogP contribution is -2.07. The van der Waals surface area contributed by atoms with Crippen LogP contribution in [0.3, 0.4) is 0 Å². The summed E-state index contributed by atoms with van der Waals surface area (Å²) in [5, 5.41) is 9.43. The Hall–Kier alpha value is -0.620. The molecule has 0 atom stereocenters. The molecule has 1 heterocycles. The van der Waals surface area contributed by atoms with Crippen LogP contribution in [-0.4, -0.2) is 18.3 Å². The maximum atomic E-state index is 12.7. The standard InChI is InChI=1S/C6H2ClF2IN2O4S/c7-17(15,16)6-3(5(8)9)4(10)2(1-11-6)12(13)14/h1,5H. The van der Waals surface area contributed by atoms with Gasteiger partial charge >= 0.3 is 5.69 Å². The highest BCUT2D eigenvalue weighted by Gasteiger charge is 2.31. The molecule has 6 nitrogen and oxygen atoms in total. The predicted octanol–water partition coefficient (Wildman–Crippen LogP) is 2.46. The molecule has 11 heteroatoms. The Morgan fingerprint density at radius 3 is 2.41 bits per heavy atom. The molecule has 1 aromatic rings. The highest BCUT2D eigenvalue weighted by Crippen LogP contribution is 2.35. The fraction of sp³-hybridized carbons (Fsp3) is 0.167. The second-order valence-electron chi connectivity index (χ2n) is 2.67. The van der Waals surface area contributed by atoms with Crippen molar-refractivity contribution >= 4 is 48.0 Å². The summed E-state index contributed by atoms with van der Waals surface area (Å²) in [5.41, 5.74) is -1.76. The second-order valence-corrected chi connectivity index (χ2v) is 6.23. The summed E-state index contributed by atoms with van der Waals surface area (Å²) < 4.78 is 46.8. The first-order chi connectivity index (χ1) is 7.66. The molecule has 1 rings (SSSR count). The van der Waals surface area contributed by atoms with E-state index in [4.69, 9.17) is 10.7 Å². The van der Waals surface area contributed by atoms with Gasteiger partial charge in [0.15, 0.2) is 5.03 Å². The van der Waals surface area contributed by atoms with Gasteiger partial charge in [0.2, 0.25) is 0 Å². The Kier molecular flexibility index (Phi) is 4.19. The Morgan fingerprint density at radius 2 is 2.06 bits per heavy atom. The third-order valence-corrected chi connectivity index (χ3v) is 4.00. The van der Waals surface area contributed by atoms with Crippen molar-refractivity contribution in [2.24, 2.45) is 0 Å². The lowest BCUT2D eigenvalue weighted by Gasteiger charge is -2.07. The minimum Gasteiger partial charge on any atom is -0.258 e. The van der Waals surface area contributed by atoms with Crippen LogP contribution < -0.4 is 0 Å². The number of hydrogen-bond donors (Lipinski definition) is 0. The quantitative estimate of drug-likeness (QED) is 0.338. The number of alkyl halides is 2. The lowest BCUT2D eigenvalue weighted by atomic mass is 10.3. The van der Waals surface area contributed by atoms with Crippen LogP contribution in [0.5, 0.6) is 0 Å². The zero-order valence-corrected chi connectivity index (χ0v) is 11.3. The van der Waals surface area contributed by atoms with E-state index in [1.54, 1.807) is 0 Å². The number of nitrogens with zero attached hydrogens (tertiary/aromatic N) is 2. The molecular formula is C6H2ClF2IN2O4S. The summed E-state index contributed by atoms with van der Waals surface area (Å²) in [5.74, 6) is 0. The SMILES string of the molecule is O=[N+]([O-])c1cnc(S(=O)(=O)Cl)c(C(F)F)c1I. The largest absolute Gasteiger partial charge is 0.301 e. The van der Waals surface area contributed by atoms with E-state index in [0.717, 1.165) is 0 Å². The van der Waals surface area contributed by atoms with Crippen molar-refractivity contribution in [2.75, 3.05) is 0 Å². The molecule has 0 spiro atoms. The van der Waals surface area contributed by atoms with Gasteiger partial charge in [-0.25, -0.2) is 22.2 Å². The Labute approximate surface area is 112 Å². The number of pyridine rings is 1. The van der Waals surface area contributed by atoms with Crippen molar-refractivity contribution in [3.8, 4) is 0 Å². The molecule has 0 saturated carbocycles. The molecule has 0 radical (unpaired) electrons. The van der Waals surface area contributed by atoms with Gasteiger partial charge in [-0.3, -0.25) is 10.1 Å². The molecular weight excluding hydrogens is 396 g/mol. The van der Waals surface area contributed by atoms with E-state index in [1.807, 2.05) is 0 Å². The lowest BCUT2D eigenvalue weighted by molar-refractivity contribution is -0.386. The van der Waals surface area contributed by atoms with Gasteiger partial charge in [0, 0.05) is 10.7 Å². The Morgan fingerprint density at radius 1 is 1.53 bits per heavy atom. The summed E-state index contributed by atoms with van der Waals surface area (Å²) in [7, 11) is 0.425. The number of aromatic nitrogens is 1. The van der Waals surface area contributed by atoms with E-state index in [0.29, 0.717) is 6.20 Å². The molecule has 17 heavy (non-hydrogen) atoms. The summed E-state index contributed by atoms with van der Waals surface area (Å²) in [6.45, 7) is 0. The molecule has 0 N–H and O–H groups in total. The van der Waals surface area contributed by atoms with E-state index in [-0.39, 0.29) is 0 Å². The Bertz CT molecular complexity index is 580. The van der Waals surface area contributed by atoms with E-state index in [1.165, 1.54) is 22.6 Å². The summed E-state index contributed by atoms with van der Waals surface area (Å²) in [6, 6.07) is 0. The summed E-state index contributed by atoms with van der Waals surface area (Å²) >= 11 is 1.25. The molecule has 0 saturated heterocycles. The average Bonchev–Trinajstić information content (AvgIpc) is 2.14. The van der Waals surface area contributed by atoms with Crippen LogP contribution in [0, 0.1) is 13.7 Å². The van der Waals surface area contributed by atoms with Crippen molar-refractivity contribution in [1.82, 2.24) is 4.98 Å². The minimum absolute atomic E-state index is 0.503. The van der Waals surface area contributed by atoms with Crippen LogP contribution in [0.25, 0.3) is 0 Å². The van der Waals surface area contributed by atoms with Gasteiger partial charge in [-0.05, 0) is 22.6 Å². The van der Waals surface area contributed by atoms with Crippen LogP contribution in [-0.2, 0) is 9.05 Å². The van der Waals surface area contributed by atoms with Crippen molar-refractivity contribution in [2.45, 2.75) is 11.5 Å². The zero-order chi connectivity index (χ0) is 13.4. The fourth-order valence-electron chi connectivity index (χ4n) is 0.989. The molecule has 0 fully saturated rings. The normalized spacial score (nSPS) is 11.8. The highest BCUT2D eigenvalue weighted by atomic mass is 127. The van der Waals surface area contributed by atoms with Gasteiger partial charge in [0.05, 0.1) is 10.5 Å². The van der Waals surface area contributed by atoms with E-state index in [2.05, 4.69) is 4.98 Å². The minimum atomic E-state index is -4.49. The van der Waals surface area contributed by atoms with Gasteiger partial charge in [-0.15, -0.1) is 0 Å². The molecule has 0 aliphatic carbocycles. The van der Waals surface area contributed by atoms with Crippen molar-refractivity contribution < 1.29 is 22.1 Å². The smallest absolute Gasteiger partial charge is 0.258 e. The molecule has 0 aromatic carbocycles. The molecule has 0 aliphatic rings. The topological polar surface area (TPSA) is 90.2 Å². The molecule has 0 bridgehead atoms. The Balaban J connectivity index is 3.69. The predicted molar refractivity (Wildman–Crippen MR) is 61.6 cm³/mol. The van der Waals surface area contributed by atoms with Crippen LogP contribution >= 0.6 is 33.3 Å². The zero-order valence-electron chi connectivity index (χ0n) is 7.60. The average molecular weight is 399 g/mol. The summed E-state index contributed by atoms with van der Waals surface area (Å²) in [6.07, 6.45) is -2.67. The third kappa shape index (κ3) is 2.98. The first-order valence-electron chi connectivity index (χ1n) is 3.72. The van der Waals surface area contributed by atoms with Crippen LogP contribution in [0.15, 0.2) is 11.2 Å². The van der Waals surface area contributed by atoms with Gasteiger partial charge in [-0.2, -0.15) is 0 Å². The van der Waals surface area contributed by atoms with Gasteiger partial charge < -0.3 is 0 Å². The maximum absolute atomic E-state index is 12.7. The second kappa shape index (κ2) is 4.94. The van der Waals surface area contributed by atoms with Crippen molar-refractivity contribution in [3.63, 3.8) is 0 Å². The molecule has 0 aliphatic heterocycles. The number of nitro groups is 1. The van der Waals surface area contributed by atoms with Gasteiger partial charge in [0.1, 0.15) is 9.77 Å². The van der Waals surface area contributed by atoms with Gasteiger partial charge in [-0.1, -0.05) is 0 Å². The molecule has 1 aromatic heterocycles. The molecule has 0 amide bonds. The molecule has 94 valence electrons. The van der Waals surface area contributed by atoms with Crippen LogP contribution in [0.4, 0.5) is 14.5 Å². The molecule has 0 unspecified atom stereocenters.